The lowest BCUT2D eigenvalue weighted by Crippen LogP contribution is -2.53. The van der Waals surface area contributed by atoms with Crippen LogP contribution in [0.25, 0.3) is 0 Å². The molecule has 2 aromatic rings. The summed E-state index contributed by atoms with van der Waals surface area (Å²) in [6, 6.07) is 10.3. The van der Waals surface area contributed by atoms with Crippen LogP contribution in [0.4, 0.5) is 17.1 Å². The molecule has 2 fully saturated rings. The Hall–Kier alpha value is -4.12. The van der Waals surface area contributed by atoms with Gasteiger partial charge in [0.2, 0.25) is 23.6 Å². The molecule has 0 saturated carbocycles. The second kappa shape index (κ2) is 7.45. The van der Waals surface area contributed by atoms with Gasteiger partial charge in [-0.15, -0.1) is 0 Å². The third kappa shape index (κ3) is 2.86. The van der Waals surface area contributed by atoms with Crippen molar-refractivity contribution in [1.82, 2.24) is 5.32 Å². The first-order valence-corrected chi connectivity index (χ1v) is 10.8. The molecule has 0 radical (unpaired) electrons. The molecule has 0 aromatic heterocycles. The number of amides is 4. The SMILES string of the molecule is Cc1ccc(N2C(=O)[C@@H]3[C@H](CCC(N)=O)N[C@@]4(C(=O)Nc5ccccc54)[C@@H]3C2=O)cc1[N+](=O)[O-]. The number of nitro groups is 1. The molecule has 4 atom stereocenters. The number of carbonyl (C=O) groups is 4. The maximum Gasteiger partial charge on any atom is 0.274 e. The van der Waals surface area contributed by atoms with E-state index in [9.17, 15) is 29.3 Å². The topological polar surface area (TPSA) is 165 Å². The zero-order chi connectivity index (χ0) is 24.4. The Morgan fingerprint density at radius 2 is 1.91 bits per heavy atom. The van der Waals surface area contributed by atoms with Crippen molar-refractivity contribution in [3.05, 3.63) is 63.7 Å². The molecule has 11 heteroatoms. The van der Waals surface area contributed by atoms with Gasteiger partial charge in [-0.1, -0.05) is 24.3 Å². The molecule has 0 aliphatic carbocycles. The van der Waals surface area contributed by atoms with E-state index in [1.54, 1.807) is 31.2 Å². The Morgan fingerprint density at radius 1 is 1.18 bits per heavy atom. The fourth-order valence-corrected chi connectivity index (χ4v) is 5.49. The van der Waals surface area contributed by atoms with Crippen LogP contribution in [0.5, 0.6) is 0 Å². The lowest BCUT2D eigenvalue weighted by molar-refractivity contribution is -0.385. The summed E-state index contributed by atoms with van der Waals surface area (Å²) in [4.78, 5) is 64.0. The number of fused-ring (bicyclic) bond motifs is 4. The van der Waals surface area contributed by atoms with Crippen molar-refractivity contribution in [2.24, 2.45) is 17.6 Å². The summed E-state index contributed by atoms with van der Waals surface area (Å²) in [7, 11) is 0. The first-order valence-electron chi connectivity index (χ1n) is 10.8. The van der Waals surface area contributed by atoms with Crippen molar-refractivity contribution < 1.29 is 24.1 Å². The molecule has 0 unspecified atom stereocenters. The molecule has 4 amide bonds. The second-order valence-electron chi connectivity index (χ2n) is 8.81. The lowest BCUT2D eigenvalue weighted by Gasteiger charge is -2.29. The standard InChI is InChI=1S/C23H21N5O6/c1-11-6-7-12(10-16(11)28(33)34)27-20(30)18-15(8-9-17(24)29)26-23(19(18)21(27)31)13-4-2-3-5-14(13)25-22(23)32/h2-7,10,15,18-19,26H,8-9H2,1H3,(H2,24,29)(H,25,32)/t15-,18+,19-,23+/m0/s1. The number of hydrogen-bond donors (Lipinski definition) is 3. The Kier molecular flexibility index (Phi) is 4.76. The van der Waals surface area contributed by atoms with Crippen LogP contribution in [-0.4, -0.2) is 34.6 Å². The summed E-state index contributed by atoms with van der Waals surface area (Å²) in [6.07, 6.45) is 0.103. The molecule has 11 nitrogen and oxygen atoms in total. The minimum atomic E-state index is -1.51. The number of benzene rings is 2. The highest BCUT2D eigenvalue weighted by Crippen LogP contribution is 2.54. The van der Waals surface area contributed by atoms with E-state index in [1.165, 1.54) is 18.2 Å². The molecule has 3 heterocycles. The predicted molar refractivity (Wildman–Crippen MR) is 119 cm³/mol. The number of hydrogen-bond acceptors (Lipinski definition) is 7. The van der Waals surface area contributed by atoms with Crippen LogP contribution < -0.4 is 21.3 Å². The van der Waals surface area contributed by atoms with Gasteiger partial charge in [0.15, 0.2) is 0 Å². The maximum absolute atomic E-state index is 13.8. The number of carbonyl (C=O) groups excluding carboxylic acids is 4. The van der Waals surface area contributed by atoms with Gasteiger partial charge < -0.3 is 11.1 Å². The van der Waals surface area contributed by atoms with E-state index in [0.29, 0.717) is 16.8 Å². The molecular formula is C23H21N5O6. The average molecular weight is 463 g/mol. The van der Waals surface area contributed by atoms with Crippen LogP contribution in [0.2, 0.25) is 0 Å². The third-order valence-corrected chi connectivity index (χ3v) is 6.97. The number of rotatable bonds is 5. The Bertz CT molecular complexity index is 1290. The predicted octanol–water partition coefficient (Wildman–Crippen LogP) is 1.09. The van der Waals surface area contributed by atoms with E-state index in [1.807, 2.05) is 0 Å². The largest absolute Gasteiger partial charge is 0.370 e. The molecule has 3 aliphatic heterocycles. The number of nitrogens with two attached hydrogens (primary N) is 1. The summed E-state index contributed by atoms with van der Waals surface area (Å²) in [5.74, 6) is -4.30. The molecular weight excluding hydrogens is 442 g/mol. The summed E-state index contributed by atoms with van der Waals surface area (Å²) < 4.78 is 0. The molecule has 0 bridgehead atoms. The summed E-state index contributed by atoms with van der Waals surface area (Å²) in [5, 5.41) is 17.4. The smallest absolute Gasteiger partial charge is 0.274 e. The summed E-state index contributed by atoms with van der Waals surface area (Å²) >= 11 is 0. The second-order valence-corrected chi connectivity index (χ2v) is 8.81. The van der Waals surface area contributed by atoms with Crippen molar-refractivity contribution in [3.8, 4) is 0 Å². The maximum atomic E-state index is 13.8. The Morgan fingerprint density at radius 3 is 2.62 bits per heavy atom. The number of primary amides is 1. The zero-order valence-corrected chi connectivity index (χ0v) is 18.1. The van der Waals surface area contributed by atoms with Gasteiger partial charge in [0, 0.05) is 35.3 Å². The fourth-order valence-electron chi connectivity index (χ4n) is 5.49. The molecule has 1 spiro atoms. The minimum Gasteiger partial charge on any atom is -0.370 e. The number of nitrogens with one attached hydrogen (secondary N) is 2. The minimum absolute atomic E-state index is 0.0439. The third-order valence-electron chi connectivity index (χ3n) is 6.97. The summed E-state index contributed by atoms with van der Waals surface area (Å²) in [5.41, 5.74) is 5.10. The molecule has 4 N–H and O–H groups in total. The molecule has 174 valence electrons. The number of para-hydroxylation sites is 1. The van der Waals surface area contributed by atoms with Crippen molar-refractivity contribution in [1.29, 1.82) is 0 Å². The van der Waals surface area contributed by atoms with Gasteiger partial charge in [0.1, 0.15) is 5.54 Å². The molecule has 2 aromatic carbocycles. The number of nitro benzene ring substituents is 1. The van der Waals surface area contributed by atoms with Gasteiger partial charge in [-0.3, -0.25) is 34.6 Å². The van der Waals surface area contributed by atoms with E-state index in [-0.39, 0.29) is 24.2 Å². The van der Waals surface area contributed by atoms with Gasteiger partial charge in [-0.05, 0) is 25.5 Å². The van der Waals surface area contributed by atoms with Crippen molar-refractivity contribution in [2.45, 2.75) is 31.3 Å². The van der Waals surface area contributed by atoms with Crippen LogP contribution >= 0.6 is 0 Å². The Labute approximate surface area is 193 Å². The van der Waals surface area contributed by atoms with Gasteiger partial charge >= 0.3 is 0 Å². The monoisotopic (exact) mass is 463 g/mol. The van der Waals surface area contributed by atoms with E-state index in [0.717, 1.165) is 4.90 Å². The van der Waals surface area contributed by atoms with Gasteiger partial charge in [0.05, 0.1) is 22.4 Å². The Balaban J connectivity index is 1.64. The quantitative estimate of drug-likeness (QED) is 0.339. The van der Waals surface area contributed by atoms with E-state index in [2.05, 4.69) is 10.6 Å². The van der Waals surface area contributed by atoms with E-state index >= 15 is 0 Å². The van der Waals surface area contributed by atoms with Crippen LogP contribution in [0.3, 0.4) is 0 Å². The fraction of sp³-hybridized carbons (Fsp3) is 0.304. The highest BCUT2D eigenvalue weighted by atomic mass is 16.6. The van der Waals surface area contributed by atoms with Gasteiger partial charge in [-0.25, -0.2) is 4.90 Å². The van der Waals surface area contributed by atoms with Crippen molar-refractivity contribution in [3.63, 3.8) is 0 Å². The van der Waals surface area contributed by atoms with Gasteiger partial charge in [-0.2, -0.15) is 0 Å². The number of aryl methyl sites for hydroxylation is 1. The first kappa shape index (κ1) is 21.7. The molecule has 34 heavy (non-hydrogen) atoms. The summed E-state index contributed by atoms with van der Waals surface area (Å²) in [6.45, 7) is 1.56. The number of imide groups is 1. The normalized spacial score (nSPS) is 27.1. The molecule has 3 aliphatic rings. The van der Waals surface area contributed by atoms with E-state index in [4.69, 9.17) is 5.73 Å². The first-order chi connectivity index (χ1) is 16.2. The van der Waals surface area contributed by atoms with Crippen LogP contribution in [0, 0.1) is 28.9 Å². The molecule has 2 saturated heterocycles. The molecule has 5 rings (SSSR count). The van der Waals surface area contributed by atoms with Crippen molar-refractivity contribution in [2.75, 3.05) is 10.2 Å². The zero-order valence-electron chi connectivity index (χ0n) is 18.1. The highest BCUT2D eigenvalue weighted by molar-refractivity contribution is 6.26. The van der Waals surface area contributed by atoms with Gasteiger partial charge in [0.25, 0.3) is 5.69 Å². The number of nitrogens with zero attached hydrogens (tertiary/aromatic N) is 2. The van der Waals surface area contributed by atoms with Crippen LogP contribution in [-0.2, 0) is 24.7 Å². The highest BCUT2D eigenvalue weighted by Gasteiger charge is 2.70. The van der Waals surface area contributed by atoms with Crippen LogP contribution in [0.1, 0.15) is 24.0 Å². The van der Waals surface area contributed by atoms with Crippen LogP contribution in [0.15, 0.2) is 42.5 Å². The van der Waals surface area contributed by atoms with Crippen molar-refractivity contribution >= 4 is 40.7 Å². The average Bonchev–Trinajstić information content (AvgIpc) is 3.37. The van der Waals surface area contributed by atoms with E-state index < -0.39 is 52.0 Å². The number of anilines is 2. The lowest BCUT2D eigenvalue weighted by atomic mass is 9.76.